The first-order chi connectivity index (χ1) is 14.4. The lowest BCUT2D eigenvalue weighted by Crippen LogP contribution is -2.33. The van der Waals surface area contributed by atoms with Crippen LogP contribution in [0.1, 0.15) is 25.3 Å². The Hall–Kier alpha value is -3.13. The Morgan fingerprint density at radius 2 is 1.83 bits per heavy atom. The van der Waals surface area contributed by atoms with Gasteiger partial charge in [0.05, 0.1) is 18.0 Å². The van der Waals surface area contributed by atoms with Gasteiger partial charge in [-0.15, -0.1) is 0 Å². The first kappa shape index (κ1) is 21.6. The molecular formula is C22H23FN4O2S. The second-order valence-electron chi connectivity index (χ2n) is 6.91. The van der Waals surface area contributed by atoms with E-state index in [2.05, 4.69) is 35.5 Å². The summed E-state index contributed by atoms with van der Waals surface area (Å²) in [7, 11) is 0. The maximum absolute atomic E-state index is 12.9. The van der Waals surface area contributed by atoms with E-state index >= 15 is 0 Å². The van der Waals surface area contributed by atoms with Crippen LogP contribution in [-0.4, -0.2) is 33.7 Å². The quantitative estimate of drug-likeness (QED) is 0.534. The molecule has 6 nitrogen and oxygen atoms in total. The van der Waals surface area contributed by atoms with Gasteiger partial charge in [0.2, 0.25) is 11.8 Å². The number of carbonyl (C=O) groups excluding carboxylic acids is 2. The molecule has 1 aromatic heterocycles. The first-order valence-electron chi connectivity index (χ1n) is 9.51. The molecule has 0 fully saturated rings. The van der Waals surface area contributed by atoms with Crippen LogP contribution in [0.25, 0.3) is 5.69 Å². The van der Waals surface area contributed by atoms with Gasteiger partial charge >= 0.3 is 0 Å². The molecule has 2 aromatic carbocycles. The van der Waals surface area contributed by atoms with Crippen LogP contribution in [0, 0.1) is 5.82 Å². The summed E-state index contributed by atoms with van der Waals surface area (Å²) in [5.74, 6) is -0.560. The molecule has 0 aliphatic rings. The minimum Gasteiger partial charge on any atom is -0.346 e. The number of imidazole rings is 1. The number of nitrogens with one attached hydrogen (secondary N) is 2. The Labute approximate surface area is 178 Å². The van der Waals surface area contributed by atoms with Crippen molar-refractivity contribution in [3.05, 3.63) is 72.3 Å². The summed E-state index contributed by atoms with van der Waals surface area (Å²) in [6, 6.07) is 13.5. The number of amides is 2. The van der Waals surface area contributed by atoms with E-state index in [1.54, 1.807) is 6.20 Å². The zero-order valence-corrected chi connectivity index (χ0v) is 17.6. The van der Waals surface area contributed by atoms with E-state index in [1.165, 1.54) is 41.6 Å². The zero-order valence-electron chi connectivity index (χ0n) is 16.8. The maximum Gasteiger partial charge on any atom is 0.243 e. The minimum atomic E-state index is -0.382. The molecule has 0 saturated heterocycles. The summed E-state index contributed by atoms with van der Waals surface area (Å²) < 4.78 is 14.9. The second kappa shape index (κ2) is 10.1. The van der Waals surface area contributed by atoms with E-state index in [1.807, 2.05) is 29.0 Å². The SMILES string of the molecule is CC(C)c1ccccc1-n1ccnc1SCC(=O)NCC(=O)Nc1ccc(F)cc1. The highest BCUT2D eigenvalue weighted by Gasteiger charge is 2.13. The van der Waals surface area contributed by atoms with Gasteiger partial charge in [-0.1, -0.05) is 43.8 Å². The number of hydrogen-bond acceptors (Lipinski definition) is 4. The topological polar surface area (TPSA) is 76.0 Å². The number of carbonyl (C=O) groups is 2. The van der Waals surface area contributed by atoms with Crippen molar-refractivity contribution in [1.29, 1.82) is 0 Å². The number of para-hydroxylation sites is 1. The van der Waals surface area contributed by atoms with Crippen molar-refractivity contribution in [2.24, 2.45) is 0 Å². The summed E-state index contributed by atoms with van der Waals surface area (Å²) in [5.41, 5.74) is 2.70. The minimum absolute atomic E-state index is 0.130. The summed E-state index contributed by atoms with van der Waals surface area (Å²) in [4.78, 5) is 28.5. The van der Waals surface area contributed by atoms with Crippen molar-refractivity contribution in [3.63, 3.8) is 0 Å². The maximum atomic E-state index is 12.9. The predicted octanol–water partition coefficient (Wildman–Crippen LogP) is 3.98. The molecular weight excluding hydrogens is 403 g/mol. The van der Waals surface area contributed by atoms with Crippen molar-refractivity contribution in [2.75, 3.05) is 17.6 Å². The smallest absolute Gasteiger partial charge is 0.243 e. The van der Waals surface area contributed by atoms with Crippen LogP contribution in [0.4, 0.5) is 10.1 Å². The molecule has 0 saturated carbocycles. The van der Waals surface area contributed by atoms with E-state index in [-0.39, 0.29) is 29.9 Å². The molecule has 0 aliphatic carbocycles. The lowest BCUT2D eigenvalue weighted by molar-refractivity contribution is -0.122. The Bertz CT molecular complexity index is 1020. The molecule has 156 valence electrons. The Balaban J connectivity index is 1.53. The fourth-order valence-electron chi connectivity index (χ4n) is 2.87. The fraction of sp³-hybridized carbons (Fsp3) is 0.227. The van der Waals surface area contributed by atoms with Gasteiger partial charge in [-0.2, -0.15) is 0 Å². The lowest BCUT2D eigenvalue weighted by atomic mass is 10.0. The van der Waals surface area contributed by atoms with Gasteiger partial charge in [0.1, 0.15) is 5.82 Å². The van der Waals surface area contributed by atoms with Gasteiger partial charge in [0.15, 0.2) is 5.16 Å². The molecule has 3 rings (SSSR count). The highest BCUT2D eigenvalue weighted by Crippen LogP contribution is 2.27. The van der Waals surface area contributed by atoms with Crippen LogP contribution in [0.3, 0.4) is 0 Å². The molecule has 0 bridgehead atoms. The first-order valence-corrected chi connectivity index (χ1v) is 10.5. The van der Waals surface area contributed by atoms with Crippen molar-refractivity contribution in [3.8, 4) is 5.69 Å². The number of anilines is 1. The third-order valence-corrected chi connectivity index (χ3v) is 5.30. The van der Waals surface area contributed by atoms with Gasteiger partial charge in [-0.05, 0) is 41.8 Å². The van der Waals surface area contributed by atoms with E-state index in [9.17, 15) is 14.0 Å². The van der Waals surface area contributed by atoms with E-state index in [0.717, 1.165) is 5.69 Å². The van der Waals surface area contributed by atoms with Crippen LogP contribution in [0.15, 0.2) is 66.1 Å². The highest BCUT2D eigenvalue weighted by molar-refractivity contribution is 7.99. The fourth-order valence-corrected chi connectivity index (χ4v) is 3.67. The second-order valence-corrected chi connectivity index (χ2v) is 7.86. The molecule has 0 atom stereocenters. The normalized spacial score (nSPS) is 10.8. The third kappa shape index (κ3) is 5.70. The standard InChI is InChI=1S/C22H23FN4O2S/c1-15(2)18-5-3-4-6-19(18)27-12-11-24-22(27)30-14-21(29)25-13-20(28)26-17-9-7-16(23)8-10-17/h3-12,15H,13-14H2,1-2H3,(H,25,29)(H,26,28). The summed E-state index contributed by atoms with van der Waals surface area (Å²) >= 11 is 1.30. The average Bonchev–Trinajstić information content (AvgIpc) is 3.21. The van der Waals surface area contributed by atoms with E-state index in [0.29, 0.717) is 16.8 Å². The van der Waals surface area contributed by atoms with Gasteiger partial charge in [0, 0.05) is 18.1 Å². The summed E-state index contributed by atoms with van der Waals surface area (Å²) in [6.45, 7) is 4.10. The summed E-state index contributed by atoms with van der Waals surface area (Å²) in [6.07, 6.45) is 3.57. The van der Waals surface area contributed by atoms with Crippen molar-refractivity contribution < 1.29 is 14.0 Å². The van der Waals surface area contributed by atoms with Crippen LogP contribution in [-0.2, 0) is 9.59 Å². The van der Waals surface area contributed by atoms with Crippen LogP contribution >= 0.6 is 11.8 Å². The number of benzene rings is 2. The molecule has 0 unspecified atom stereocenters. The number of nitrogens with zero attached hydrogens (tertiary/aromatic N) is 2. The molecule has 3 aromatic rings. The number of thioether (sulfide) groups is 1. The molecule has 1 heterocycles. The third-order valence-electron chi connectivity index (χ3n) is 4.33. The lowest BCUT2D eigenvalue weighted by Gasteiger charge is -2.15. The predicted molar refractivity (Wildman–Crippen MR) is 116 cm³/mol. The summed E-state index contributed by atoms with van der Waals surface area (Å²) in [5, 5.41) is 5.88. The average molecular weight is 427 g/mol. The van der Waals surface area contributed by atoms with Crippen LogP contribution in [0.2, 0.25) is 0 Å². The Morgan fingerprint density at radius 1 is 1.10 bits per heavy atom. The van der Waals surface area contributed by atoms with Gasteiger partial charge < -0.3 is 10.6 Å². The van der Waals surface area contributed by atoms with Crippen LogP contribution in [0.5, 0.6) is 0 Å². The number of aromatic nitrogens is 2. The van der Waals surface area contributed by atoms with E-state index in [4.69, 9.17) is 0 Å². The molecule has 0 spiro atoms. The molecule has 0 radical (unpaired) electrons. The molecule has 2 amide bonds. The molecule has 30 heavy (non-hydrogen) atoms. The zero-order chi connectivity index (χ0) is 21.5. The number of hydrogen-bond donors (Lipinski definition) is 2. The largest absolute Gasteiger partial charge is 0.346 e. The molecule has 2 N–H and O–H groups in total. The van der Waals surface area contributed by atoms with Crippen molar-refractivity contribution in [2.45, 2.75) is 24.9 Å². The monoisotopic (exact) mass is 426 g/mol. The van der Waals surface area contributed by atoms with Gasteiger partial charge in [0.25, 0.3) is 0 Å². The van der Waals surface area contributed by atoms with E-state index < -0.39 is 0 Å². The number of halogens is 1. The van der Waals surface area contributed by atoms with Crippen molar-refractivity contribution >= 4 is 29.3 Å². The Kier molecular flexibility index (Phi) is 7.24. The van der Waals surface area contributed by atoms with Gasteiger partial charge in [-0.3, -0.25) is 14.2 Å². The molecule has 8 heteroatoms. The highest BCUT2D eigenvalue weighted by atomic mass is 32.2. The Morgan fingerprint density at radius 3 is 2.57 bits per heavy atom. The number of rotatable bonds is 8. The van der Waals surface area contributed by atoms with Crippen molar-refractivity contribution in [1.82, 2.24) is 14.9 Å². The van der Waals surface area contributed by atoms with Gasteiger partial charge in [-0.25, -0.2) is 9.37 Å². The molecule has 0 aliphatic heterocycles. The van der Waals surface area contributed by atoms with Crippen LogP contribution < -0.4 is 10.6 Å².